The molecule has 58 heavy (non-hydrogen) atoms. The number of anilines is 1. The summed E-state index contributed by atoms with van der Waals surface area (Å²) < 4.78 is 39.9. The number of halogens is 3. The van der Waals surface area contributed by atoms with Gasteiger partial charge in [0.25, 0.3) is 23.6 Å². The van der Waals surface area contributed by atoms with Crippen LogP contribution in [0.5, 0.6) is 11.5 Å². The molecule has 3 fully saturated rings. The number of benzene rings is 3. The SMILES string of the molecule is CC(F)(F)C1CCC(N2C(=O)c3ccc(OCCN4CCN(c5ccc(C(=O)NC6C(C)(C)C(Oc7ccc(C#N)c(Cl)c7)C6(C)C)cc5)CC4)cc3C2=O)C(=O)N1. The van der Waals surface area contributed by atoms with Gasteiger partial charge in [-0.3, -0.25) is 29.0 Å². The number of hydrogen-bond donors (Lipinski definition) is 2. The number of imide groups is 1. The number of carbonyl (C=O) groups excluding carboxylic acids is 4. The first kappa shape index (κ1) is 40.9. The monoisotopic (exact) mass is 816 g/mol. The number of hydrogen-bond acceptors (Lipinski definition) is 9. The Morgan fingerprint density at radius 3 is 2.21 bits per heavy atom. The highest BCUT2D eigenvalue weighted by molar-refractivity contribution is 6.31. The van der Waals surface area contributed by atoms with Gasteiger partial charge in [-0.25, -0.2) is 8.78 Å². The van der Waals surface area contributed by atoms with Crippen LogP contribution in [0.1, 0.15) is 84.1 Å². The Kier molecular flexibility index (Phi) is 10.9. The van der Waals surface area contributed by atoms with Gasteiger partial charge in [0.15, 0.2) is 0 Å². The second kappa shape index (κ2) is 15.5. The quantitative estimate of drug-likeness (QED) is 0.226. The summed E-state index contributed by atoms with van der Waals surface area (Å²) in [5.41, 5.74) is 1.48. The maximum absolute atomic E-state index is 13.8. The predicted molar refractivity (Wildman–Crippen MR) is 213 cm³/mol. The van der Waals surface area contributed by atoms with Crippen LogP contribution in [-0.2, 0) is 4.79 Å². The highest BCUT2D eigenvalue weighted by Gasteiger charge is 2.64. The first-order chi connectivity index (χ1) is 27.4. The van der Waals surface area contributed by atoms with Gasteiger partial charge in [0.2, 0.25) is 5.91 Å². The third-order valence-corrected chi connectivity index (χ3v) is 12.4. The number of carbonyl (C=O) groups is 4. The molecule has 2 saturated heterocycles. The van der Waals surface area contributed by atoms with Crippen molar-refractivity contribution in [3.8, 4) is 17.6 Å². The molecule has 15 heteroatoms. The molecule has 2 atom stereocenters. The van der Waals surface area contributed by atoms with Crippen molar-refractivity contribution >= 4 is 40.9 Å². The van der Waals surface area contributed by atoms with Gasteiger partial charge in [-0.05, 0) is 67.4 Å². The minimum Gasteiger partial charge on any atom is -0.492 e. The second-order valence-corrected chi connectivity index (χ2v) is 17.2. The molecule has 1 aliphatic carbocycles. The Labute approximate surface area is 341 Å². The summed E-state index contributed by atoms with van der Waals surface area (Å²) in [6.45, 7) is 13.1. The fourth-order valence-electron chi connectivity index (χ4n) is 9.19. The second-order valence-electron chi connectivity index (χ2n) is 16.8. The van der Waals surface area contributed by atoms with Gasteiger partial charge in [-0.1, -0.05) is 39.3 Å². The Morgan fingerprint density at radius 2 is 1.59 bits per heavy atom. The zero-order valence-electron chi connectivity index (χ0n) is 33.1. The summed E-state index contributed by atoms with van der Waals surface area (Å²) in [5.74, 6) is -4.32. The number of ether oxygens (including phenoxy) is 2. The lowest BCUT2D eigenvalue weighted by atomic mass is 9.49. The highest BCUT2D eigenvalue weighted by atomic mass is 35.5. The Morgan fingerprint density at radius 1 is 0.931 bits per heavy atom. The first-order valence-corrected chi connectivity index (χ1v) is 19.9. The molecule has 0 spiro atoms. The van der Waals surface area contributed by atoms with Crippen molar-refractivity contribution in [1.82, 2.24) is 20.4 Å². The van der Waals surface area contributed by atoms with Gasteiger partial charge in [0.05, 0.1) is 27.8 Å². The maximum Gasteiger partial charge on any atom is 0.265 e. The van der Waals surface area contributed by atoms with Crippen LogP contribution >= 0.6 is 11.6 Å². The lowest BCUT2D eigenvalue weighted by molar-refractivity contribution is -0.164. The molecule has 12 nitrogen and oxygen atoms in total. The molecule has 4 amide bonds. The molecule has 3 aromatic carbocycles. The highest BCUT2D eigenvalue weighted by Crippen LogP contribution is 2.55. The molecular weight excluding hydrogens is 770 g/mol. The summed E-state index contributed by atoms with van der Waals surface area (Å²) in [7, 11) is 0. The van der Waals surface area contributed by atoms with Gasteiger partial charge in [0.1, 0.15) is 36.3 Å². The molecule has 7 rings (SSSR count). The van der Waals surface area contributed by atoms with Crippen LogP contribution in [0, 0.1) is 22.2 Å². The van der Waals surface area contributed by atoms with Crippen molar-refractivity contribution in [2.45, 2.75) is 77.6 Å². The summed E-state index contributed by atoms with van der Waals surface area (Å²) in [6, 6.07) is 16.7. The lowest BCUT2D eigenvalue weighted by Crippen LogP contribution is -2.74. The standard InChI is InChI=1S/C43H47ClF2N6O6/c1-41(2)39(42(3,4)40(41)58-29-11-8-26(24-47)32(44)23-29)49-35(53)25-6-9-27(10-7-25)51-18-16-50(17-19-51)20-21-57-28-12-13-30-31(22-28)38(56)52(37(30)55)33-14-15-34(43(5,45)46)48-36(33)54/h6-13,22-23,33-34,39-40H,14-21H2,1-5H3,(H,48,54)(H,49,53). The number of nitriles is 1. The average Bonchev–Trinajstić information content (AvgIpc) is 3.43. The first-order valence-electron chi connectivity index (χ1n) is 19.5. The minimum absolute atomic E-state index is 0.0412. The van der Waals surface area contributed by atoms with E-state index in [0.29, 0.717) is 40.8 Å². The predicted octanol–water partition coefficient (Wildman–Crippen LogP) is 5.92. The summed E-state index contributed by atoms with van der Waals surface area (Å²) >= 11 is 6.23. The van der Waals surface area contributed by atoms with Crippen LogP contribution in [0.2, 0.25) is 5.02 Å². The topological polar surface area (TPSA) is 144 Å². The van der Waals surface area contributed by atoms with E-state index < -0.39 is 35.7 Å². The van der Waals surface area contributed by atoms with Gasteiger partial charge >= 0.3 is 0 Å². The van der Waals surface area contributed by atoms with Gasteiger partial charge < -0.3 is 25.0 Å². The molecule has 1 saturated carbocycles. The lowest BCUT2D eigenvalue weighted by Gasteiger charge is -2.63. The van der Waals surface area contributed by atoms with Crippen LogP contribution in [0.15, 0.2) is 60.7 Å². The number of fused-ring (bicyclic) bond motifs is 1. The minimum atomic E-state index is -3.11. The average molecular weight is 817 g/mol. The smallest absolute Gasteiger partial charge is 0.265 e. The normalized spacial score (nSPS) is 24.0. The zero-order valence-corrected chi connectivity index (χ0v) is 33.9. The summed E-state index contributed by atoms with van der Waals surface area (Å²) in [4.78, 5) is 57.9. The van der Waals surface area contributed by atoms with Crippen molar-refractivity contribution in [2.24, 2.45) is 10.8 Å². The Balaban J connectivity index is 0.863. The Hall–Kier alpha value is -5.26. The van der Waals surface area contributed by atoms with Crippen molar-refractivity contribution in [1.29, 1.82) is 5.26 Å². The summed E-state index contributed by atoms with van der Waals surface area (Å²) in [5, 5.41) is 15.0. The third-order valence-electron chi connectivity index (χ3n) is 12.1. The van der Waals surface area contributed by atoms with E-state index in [2.05, 4.69) is 54.2 Å². The Bertz CT molecular complexity index is 2140. The van der Waals surface area contributed by atoms with Crippen LogP contribution < -0.4 is 25.0 Å². The van der Waals surface area contributed by atoms with Crippen LogP contribution in [0.25, 0.3) is 0 Å². The van der Waals surface area contributed by atoms with E-state index in [1.807, 2.05) is 24.3 Å². The number of nitrogens with zero attached hydrogens (tertiary/aromatic N) is 4. The van der Waals surface area contributed by atoms with Crippen molar-refractivity contribution in [2.75, 3.05) is 44.2 Å². The number of piperidine rings is 1. The van der Waals surface area contributed by atoms with E-state index in [0.717, 1.165) is 43.7 Å². The van der Waals surface area contributed by atoms with Crippen LogP contribution in [0.4, 0.5) is 14.5 Å². The van der Waals surface area contributed by atoms with E-state index in [1.54, 1.807) is 24.3 Å². The van der Waals surface area contributed by atoms with Crippen molar-refractivity contribution < 1.29 is 37.4 Å². The molecular formula is C43H47ClF2N6O6. The molecule has 2 N–H and O–H groups in total. The number of piperazine rings is 1. The summed E-state index contributed by atoms with van der Waals surface area (Å²) in [6.07, 6.45) is -0.305. The van der Waals surface area contributed by atoms with E-state index >= 15 is 0 Å². The molecule has 0 bridgehead atoms. The van der Waals surface area contributed by atoms with E-state index in [-0.39, 0.29) is 52.9 Å². The molecule has 306 valence electrons. The number of nitrogens with one attached hydrogen (secondary N) is 2. The molecule has 2 unspecified atom stereocenters. The van der Waals surface area contributed by atoms with Crippen molar-refractivity contribution in [3.63, 3.8) is 0 Å². The largest absolute Gasteiger partial charge is 0.492 e. The molecule has 4 aliphatic rings. The molecule has 3 heterocycles. The molecule has 3 aliphatic heterocycles. The zero-order chi connectivity index (χ0) is 41.7. The third kappa shape index (κ3) is 7.69. The maximum atomic E-state index is 13.8. The molecule has 0 aromatic heterocycles. The van der Waals surface area contributed by atoms with Gasteiger partial charge in [-0.2, -0.15) is 5.26 Å². The number of amides is 4. The van der Waals surface area contributed by atoms with Gasteiger partial charge in [0, 0.05) is 73.8 Å². The van der Waals surface area contributed by atoms with Crippen LogP contribution in [-0.4, -0.2) is 103 Å². The number of alkyl halides is 2. The van der Waals surface area contributed by atoms with E-state index in [9.17, 15) is 33.2 Å². The van der Waals surface area contributed by atoms with Gasteiger partial charge in [-0.15, -0.1) is 0 Å². The number of rotatable bonds is 11. The van der Waals surface area contributed by atoms with Crippen molar-refractivity contribution in [3.05, 3.63) is 87.9 Å². The molecule has 0 radical (unpaired) electrons. The molecule has 3 aromatic rings. The fraction of sp³-hybridized carbons (Fsp3) is 0.465. The van der Waals surface area contributed by atoms with Crippen LogP contribution in [0.3, 0.4) is 0 Å². The van der Waals surface area contributed by atoms with E-state index in [1.165, 1.54) is 12.1 Å². The fourth-order valence-corrected chi connectivity index (χ4v) is 9.40. The van der Waals surface area contributed by atoms with E-state index in [4.69, 9.17) is 21.1 Å².